The molecule has 1 fully saturated rings. The van der Waals surface area contributed by atoms with Gasteiger partial charge in [-0.25, -0.2) is 0 Å². The molecular weight excluding hydrogens is 114 g/mol. The molecule has 2 heteroatoms. The van der Waals surface area contributed by atoms with Gasteiger partial charge in [-0.1, -0.05) is 0 Å². The van der Waals surface area contributed by atoms with Crippen molar-refractivity contribution in [3.63, 3.8) is 0 Å². The molecule has 0 aromatic heterocycles. The van der Waals surface area contributed by atoms with Gasteiger partial charge >= 0.3 is 0 Å². The largest absolute Gasteiger partial charge is 0.389 e. The van der Waals surface area contributed by atoms with Crippen molar-refractivity contribution in [1.29, 1.82) is 0 Å². The summed E-state index contributed by atoms with van der Waals surface area (Å²) in [5.41, 5.74) is -0.424. The lowest BCUT2D eigenvalue weighted by Gasteiger charge is -2.34. The molecule has 0 bridgehead atoms. The van der Waals surface area contributed by atoms with E-state index in [2.05, 4.69) is 4.90 Å². The lowest BCUT2D eigenvalue weighted by Crippen LogP contribution is -2.43. The van der Waals surface area contributed by atoms with E-state index in [1.165, 1.54) is 0 Å². The van der Waals surface area contributed by atoms with Gasteiger partial charge in [-0.15, -0.1) is 0 Å². The summed E-state index contributed by atoms with van der Waals surface area (Å²) < 4.78 is 0. The van der Waals surface area contributed by atoms with Gasteiger partial charge in [-0.3, -0.25) is 0 Å². The van der Waals surface area contributed by atoms with E-state index in [-0.39, 0.29) is 0 Å². The van der Waals surface area contributed by atoms with Gasteiger partial charge in [0.25, 0.3) is 0 Å². The molecule has 1 aliphatic rings. The van der Waals surface area contributed by atoms with Crippen LogP contribution >= 0.6 is 0 Å². The smallest absolute Gasteiger partial charge is 0.0746 e. The van der Waals surface area contributed by atoms with E-state index in [0.29, 0.717) is 0 Å². The van der Waals surface area contributed by atoms with Crippen molar-refractivity contribution < 1.29 is 5.11 Å². The highest BCUT2D eigenvalue weighted by Gasteiger charge is 2.25. The van der Waals surface area contributed by atoms with Crippen molar-refractivity contribution in [2.24, 2.45) is 0 Å². The van der Waals surface area contributed by atoms with Crippen LogP contribution in [-0.4, -0.2) is 35.7 Å². The number of hydrogen-bond acceptors (Lipinski definition) is 2. The molecule has 1 heterocycles. The van der Waals surface area contributed by atoms with Gasteiger partial charge in [0.15, 0.2) is 0 Å². The Morgan fingerprint density at radius 2 is 2.22 bits per heavy atom. The highest BCUT2D eigenvalue weighted by atomic mass is 16.3. The molecule has 1 saturated heterocycles. The van der Waals surface area contributed by atoms with Crippen molar-refractivity contribution in [2.75, 3.05) is 20.1 Å². The first-order chi connectivity index (χ1) is 4.10. The summed E-state index contributed by atoms with van der Waals surface area (Å²) in [6.07, 6.45) is 2.08. The molecular formula is C7H15NO. The average molecular weight is 129 g/mol. The molecule has 2 nitrogen and oxygen atoms in total. The molecule has 0 aliphatic carbocycles. The summed E-state index contributed by atoms with van der Waals surface area (Å²) in [5, 5.41) is 9.50. The SMILES string of the molecule is CN1CCC[C@@](C)(O)C1. The molecule has 0 spiro atoms. The van der Waals surface area contributed by atoms with E-state index in [0.717, 1.165) is 25.9 Å². The van der Waals surface area contributed by atoms with Crippen LogP contribution in [0.25, 0.3) is 0 Å². The molecule has 0 unspecified atom stereocenters. The molecule has 0 aromatic carbocycles. The van der Waals surface area contributed by atoms with Gasteiger partial charge in [0.2, 0.25) is 0 Å². The Hall–Kier alpha value is -0.0800. The second kappa shape index (κ2) is 2.27. The maximum atomic E-state index is 9.50. The van der Waals surface area contributed by atoms with E-state index >= 15 is 0 Å². The lowest BCUT2D eigenvalue weighted by molar-refractivity contribution is -0.00684. The molecule has 1 atom stereocenters. The molecule has 0 aromatic rings. The first kappa shape index (κ1) is 7.03. The van der Waals surface area contributed by atoms with Crippen molar-refractivity contribution in [3.05, 3.63) is 0 Å². The van der Waals surface area contributed by atoms with Crippen LogP contribution in [0.3, 0.4) is 0 Å². The van der Waals surface area contributed by atoms with Crippen LogP contribution in [0, 0.1) is 0 Å². The van der Waals surface area contributed by atoms with Crippen LogP contribution in [0.2, 0.25) is 0 Å². The fourth-order valence-corrected chi connectivity index (χ4v) is 1.47. The zero-order chi connectivity index (χ0) is 6.91. The zero-order valence-electron chi connectivity index (χ0n) is 6.22. The van der Waals surface area contributed by atoms with Crippen LogP contribution < -0.4 is 0 Å². The van der Waals surface area contributed by atoms with Gasteiger partial charge in [-0.05, 0) is 33.4 Å². The summed E-state index contributed by atoms with van der Waals surface area (Å²) in [7, 11) is 2.05. The molecule has 9 heavy (non-hydrogen) atoms. The van der Waals surface area contributed by atoms with E-state index in [4.69, 9.17) is 0 Å². The lowest BCUT2D eigenvalue weighted by atomic mass is 9.96. The van der Waals surface area contributed by atoms with Gasteiger partial charge in [0.1, 0.15) is 0 Å². The van der Waals surface area contributed by atoms with Gasteiger partial charge in [-0.2, -0.15) is 0 Å². The third kappa shape index (κ3) is 1.95. The molecule has 0 radical (unpaired) electrons. The Kier molecular flexibility index (Phi) is 1.78. The minimum atomic E-state index is -0.424. The third-order valence-electron chi connectivity index (χ3n) is 1.87. The minimum absolute atomic E-state index is 0.424. The number of piperidine rings is 1. The highest BCUT2D eigenvalue weighted by Crippen LogP contribution is 2.18. The molecule has 0 saturated carbocycles. The first-order valence-electron chi connectivity index (χ1n) is 3.51. The minimum Gasteiger partial charge on any atom is -0.389 e. The van der Waals surface area contributed by atoms with E-state index in [1.54, 1.807) is 0 Å². The molecule has 0 amide bonds. The van der Waals surface area contributed by atoms with Crippen LogP contribution in [-0.2, 0) is 0 Å². The van der Waals surface area contributed by atoms with Crippen LogP contribution in [0.15, 0.2) is 0 Å². The van der Waals surface area contributed by atoms with E-state index < -0.39 is 5.60 Å². The van der Waals surface area contributed by atoms with Crippen LogP contribution in [0.4, 0.5) is 0 Å². The highest BCUT2D eigenvalue weighted by molar-refractivity contribution is 4.80. The summed E-state index contributed by atoms with van der Waals surface area (Å²) >= 11 is 0. The average Bonchev–Trinajstić information content (AvgIpc) is 1.60. The third-order valence-corrected chi connectivity index (χ3v) is 1.87. The van der Waals surface area contributed by atoms with Gasteiger partial charge < -0.3 is 10.0 Å². The van der Waals surface area contributed by atoms with Crippen molar-refractivity contribution in [3.8, 4) is 0 Å². The number of aliphatic hydroxyl groups is 1. The number of β-amino-alcohol motifs (C(OH)–C–C–N with tert-alkyl or cyclic N) is 1. The van der Waals surface area contributed by atoms with Gasteiger partial charge in [0, 0.05) is 6.54 Å². The van der Waals surface area contributed by atoms with Crippen molar-refractivity contribution in [1.82, 2.24) is 4.90 Å². The maximum absolute atomic E-state index is 9.50. The second-order valence-corrected chi connectivity index (χ2v) is 3.34. The normalized spacial score (nSPS) is 39.0. The predicted molar refractivity (Wildman–Crippen MR) is 37.4 cm³/mol. The second-order valence-electron chi connectivity index (χ2n) is 3.34. The quantitative estimate of drug-likeness (QED) is 0.513. The predicted octanol–water partition coefficient (Wildman–Crippen LogP) is 0.463. The van der Waals surface area contributed by atoms with Crippen LogP contribution in [0.1, 0.15) is 19.8 Å². The number of hydrogen-bond donors (Lipinski definition) is 1. The van der Waals surface area contributed by atoms with E-state index in [1.807, 2.05) is 14.0 Å². The molecule has 1 N–H and O–H groups in total. The van der Waals surface area contributed by atoms with Crippen molar-refractivity contribution >= 4 is 0 Å². The molecule has 1 aliphatic heterocycles. The Balaban J connectivity index is 2.41. The zero-order valence-corrected chi connectivity index (χ0v) is 6.22. The number of likely N-dealkylation sites (tertiary alicyclic amines) is 1. The number of likely N-dealkylation sites (N-methyl/N-ethyl adjacent to an activating group) is 1. The topological polar surface area (TPSA) is 23.5 Å². The number of rotatable bonds is 0. The monoisotopic (exact) mass is 129 g/mol. The summed E-state index contributed by atoms with van der Waals surface area (Å²) in [6.45, 7) is 3.87. The fourth-order valence-electron chi connectivity index (χ4n) is 1.47. The Morgan fingerprint density at radius 1 is 1.56 bits per heavy atom. The Bertz CT molecular complexity index is 101. The van der Waals surface area contributed by atoms with Crippen molar-refractivity contribution in [2.45, 2.75) is 25.4 Å². The summed E-state index contributed by atoms with van der Waals surface area (Å²) in [6, 6.07) is 0. The number of nitrogens with zero attached hydrogens (tertiary/aromatic N) is 1. The Labute approximate surface area is 56.5 Å². The molecule has 54 valence electrons. The standard InChI is InChI=1S/C7H15NO/c1-7(9)4-3-5-8(2)6-7/h9H,3-6H2,1-2H3/t7-/m1/s1. The summed E-state index contributed by atoms with van der Waals surface area (Å²) in [5.74, 6) is 0. The van der Waals surface area contributed by atoms with Gasteiger partial charge in [0.05, 0.1) is 5.60 Å². The molecule has 1 rings (SSSR count). The summed E-state index contributed by atoms with van der Waals surface area (Å²) in [4.78, 5) is 2.17. The Morgan fingerprint density at radius 3 is 2.56 bits per heavy atom. The van der Waals surface area contributed by atoms with E-state index in [9.17, 15) is 5.11 Å². The van der Waals surface area contributed by atoms with Crippen LogP contribution in [0.5, 0.6) is 0 Å². The first-order valence-corrected chi connectivity index (χ1v) is 3.51. The fraction of sp³-hybridized carbons (Fsp3) is 1.00. The maximum Gasteiger partial charge on any atom is 0.0746 e.